The average Bonchev–Trinajstić information content (AvgIpc) is 2.94. The van der Waals surface area contributed by atoms with E-state index in [0.29, 0.717) is 42.5 Å². The Morgan fingerprint density at radius 1 is 0.967 bits per heavy atom. The third-order valence-corrected chi connectivity index (χ3v) is 5.69. The summed E-state index contributed by atoms with van der Waals surface area (Å²) in [5, 5.41) is 3.75. The van der Waals surface area contributed by atoms with E-state index >= 15 is 0 Å². The summed E-state index contributed by atoms with van der Waals surface area (Å²) in [6, 6.07) is 11.3. The molecule has 1 heterocycles. The van der Waals surface area contributed by atoms with E-state index in [9.17, 15) is 9.59 Å². The van der Waals surface area contributed by atoms with Crippen LogP contribution in [0.25, 0.3) is 5.57 Å². The van der Waals surface area contributed by atoms with Crippen LogP contribution in [0, 0.1) is 20.8 Å². The maximum atomic E-state index is 13.2. The quantitative estimate of drug-likeness (QED) is 0.482. The first-order chi connectivity index (χ1) is 14.3. The molecule has 0 saturated heterocycles. The van der Waals surface area contributed by atoms with Gasteiger partial charge in [-0.05, 0) is 68.5 Å². The van der Waals surface area contributed by atoms with Crippen molar-refractivity contribution >= 4 is 34.7 Å². The fourth-order valence-corrected chi connectivity index (χ4v) is 3.52. The van der Waals surface area contributed by atoms with Gasteiger partial charge in [-0.15, -0.1) is 0 Å². The number of benzene rings is 2. The molecule has 2 aromatic carbocycles. The molecule has 0 saturated carbocycles. The maximum Gasteiger partial charge on any atom is 0.278 e. The van der Waals surface area contributed by atoms with Gasteiger partial charge < -0.3 is 10.1 Å². The highest BCUT2D eigenvalue weighted by atomic mass is 35.5. The van der Waals surface area contributed by atoms with Crippen molar-refractivity contribution in [3.8, 4) is 0 Å². The van der Waals surface area contributed by atoms with Crippen LogP contribution in [0.2, 0.25) is 5.02 Å². The van der Waals surface area contributed by atoms with Crippen molar-refractivity contribution in [3.05, 3.63) is 69.4 Å². The van der Waals surface area contributed by atoms with Gasteiger partial charge in [-0.1, -0.05) is 35.9 Å². The molecule has 0 bridgehead atoms. The van der Waals surface area contributed by atoms with Crippen molar-refractivity contribution in [2.24, 2.45) is 0 Å². The minimum Gasteiger partial charge on any atom is -0.382 e. The van der Waals surface area contributed by atoms with E-state index in [1.807, 2.05) is 58.0 Å². The Morgan fingerprint density at radius 2 is 1.70 bits per heavy atom. The summed E-state index contributed by atoms with van der Waals surface area (Å²) in [6.07, 6.45) is 0.592. The van der Waals surface area contributed by atoms with Crippen molar-refractivity contribution in [3.63, 3.8) is 0 Å². The molecule has 2 aromatic rings. The lowest BCUT2D eigenvalue weighted by molar-refractivity contribution is -0.137. The zero-order valence-corrected chi connectivity index (χ0v) is 18.6. The van der Waals surface area contributed by atoms with Gasteiger partial charge in [0.05, 0.1) is 5.57 Å². The number of nitrogens with zero attached hydrogens (tertiary/aromatic N) is 1. The topological polar surface area (TPSA) is 58.6 Å². The fraction of sp³-hybridized carbons (Fsp3) is 0.333. The first-order valence-electron chi connectivity index (χ1n) is 10.1. The number of halogens is 1. The Labute approximate surface area is 182 Å². The highest BCUT2D eigenvalue weighted by Gasteiger charge is 2.39. The van der Waals surface area contributed by atoms with E-state index in [1.54, 1.807) is 6.07 Å². The van der Waals surface area contributed by atoms with E-state index in [2.05, 4.69) is 5.32 Å². The lowest BCUT2D eigenvalue weighted by Crippen LogP contribution is -2.34. The molecule has 0 atom stereocenters. The summed E-state index contributed by atoms with van der Waals surface area (Å²) < 4.78 is 5.36. The monoisotopic (exact) mass is 426 g/mol. The van der Waals surface area contributed by atoms with Crippen LogP contribution >= 0.6 is 11.6 Å². The molecule has 0 aliphatic carbocycles. The zero-order chi connectivity index (χ0) is 21.8. The molecule has 1 aliphatic rings. The van der Waals surface area contributed by atoms with E-state index in [-0.39, 0.29) is 17.5 Å². The third kappa shape index (κ3) is 4.58. The second-order valence-electron chi connectivity index (χ2n) is 7.45. The molecular formula is C24H27ClN2O3. The number of amides is 2. The number of anilines is 1. The Morgan fingerprint density at radius 3 is 2.37 bits per heavy atom. The Bertz CT molecular complexity index is 1010. The van der Waals surface area contributed by atoms with Crippen LogP contribution in [0.5, 0.6) is 0 Å². The minimum absolute atomic E-state index is 0.277. The summed E-state index contributed by atoms with van der Waals surface area (Å²) >= 11 is 6.25. The highest BCUT2D eigenvalue weighted by molar-refractivity contribution is 6.36. The lowest BCUT2D eigenvalue weighted by Gasteiger charge is -2.15. The van der Waals surface area contributed by atoms with Crippen LogP contribution < -0.4 is 5.32 Å². The number of nitrogens with one attached hydrogen (secondary N) is 1. The average molecular weight is 427 g/mol. The van der Waals surface area contributed by atoms with Gasteiger partial charge in [0.25, 0.3) is 11.8 Å². The molecule has 2 amide bonds. The summed E-state index contributed by atoms with van der Waals surface area (Å²) in [5.41, 5.74) is 5.19. The zero-order valence-electron chi connectivity index (χ0n) is 17.8. The largest absolute Gasteiger partial charge is 0.382 e. The maximum absolute atomic E-state index is 13.2. The van der Waals surface area contributed by atoms with E-state index in [0.717, 1.165) is 22.3 Å². The lowest BCUT2D eigenvalue weighted by atomic mass is 9.99. The van der Waals surface area contributed by atoms with Crippen molar-refractivity contribution in [1.29, 1.82) is 0 Å². The smallest absolute Gasteiger partial charge is 0.278 e. The Hall–Kier alpha value is -2.63. The molecule has 1 N–H and O–H groups in total. The van der Waals surface area contributed by atoms with Crippen LogP contribution in [0.1, 0.15) is 35.6 Å². The first-order valence-corrected chi connectivity index (χ1v) is 10.5. The highest BCUT2D eigenvalue weighted by Crippen LogP contribution is 2.32. The number of carbonyl (C=O) groups excluding carboxylic acids is 2. The number of imide groups is 1. The standard InChI is InChI=1S/C24H27ClN2O3/c1-5-30-12-6-11-27-23(28)21(18-9-7-15(2)17(4)13-18)22(24(27)29)26-19-10-8-16(3)20(25)14-19/h7-10,13-14,26H,5-6,11-12H2,1-4H3. The van der Waals surface area contributed by atoms with Gasteiger partial charge >= 0.3 is 0 Å². The molecule has 0 aromatic heterocycles. The summed E-state index contributed by atoms with van der Waals surface area (Å²) in [6.45, 7) is 9.26. The van der Waals surface area contributed by atoms with Gasteiger partial charge in [0.15, 0.2) is 0 Å². The molecule has 0 fully saturated rings. The minimum atomic E-state index is -0.332. The molecule has 0 radical (unpaired) electrons. The van der Waals surface area contributed by atoms with Crippen LogP contribution in [0.15, 0.2) is 42.1 Å². The molecule has 1 aliphatic heterocycles. The molecule has 3 rings (SSSR count). The summed E-state index contributed by atoms with van der Waals surface area (Å²) in [7, 11) is 0. The van der Waals surface area contributed by atoms with E-state index < -0.39 is 0 Å². The third-order valence-electron chi connectivity index (χ3n) is 5.28. The van der Waals surface area contributed by atoms with Gasteiger partial charge in [0.2, 0.25) is 0 Å². The van der Waals surface area contributed by atoms with Gasteiger partial charge in [-0.3, -0.25) is 14.5 Å². The van der Waals surface area contributed by atoms with Crippen molar-refractivity contribution in [1.82, 2.24) is 4.90 Å². The van der Waals surface area contributed by atoms with Crippen molar-refractivity contribution in [2.45, 2.75) is 34.1 Å². The van der Waals surface area contributed by atoms with Gasteiger partial charge in [-0.25, -0.2) is 0 Å². The predicted octanol–water partition coefficient (Wildman–Crippen LogP) is 4.88. The second-order valence-corrected chi connectivity index (χ2v) is 7.86. The SMILES string of the molecule is CCOCCCN1C(=O)C(Nc2ccc(C)c(Cl)c2)=C(c2ccc(C)c(C)c2)C1=O. The number of rotatable bonds is 8. The molecule has 5 nitrogen and oxygen atoms in total. The predicted molar refractivity (Wildman–Crippen MR) is 120 cm³/mol. The number of ether oxygens (including phenoxy) is 1. The number of hydrogen-bond acceptors (Lipinski definition) is 4. The summed E-state index contributed by atoms with van der Waals surface area (Å²) in [5.74, 6) is -0.623. The molecule has 30 heavy (non-hydrogen) atoms. The van der Waals surface area contributed by atoms with Gasteiger partial charge in [0.1, 0.15) is 5.70 Å². The summed E-state index contributed by atoms with van der Waals surface area (Å²) in [4.78, 5) is 27.7. The van der Waals surface area contributed by atoms with Crippen molar-refractivity contribution in [2.75, 3.05) is 25.1 Å². The second kappa shape index (κ2) is 9.45. The van der Waals surface area contributed by atoms with Crippen LogP contribution in [0.3, 0.4) is 0 Å². The van der Waals surface area contributed by atoms with E-state index in [4.69, 9.17) is 16.3 Å². The molecule has 158 valence electrons. The number of aryl methyl sites for hydroxylation is 3. The number of hydrogen-bond donors (Lipinski definition) is 1. The van der Waals surface area contributed by atoms with Crippen LogP contribution in [0.4, 0.5) is 5.69 Å². The molecule has 0 unspecified atom stereocenters. The Kier molecular flexibility index (Phi) is 6.95. The molecule has 0 spiro atoms. The van der Waals surface area contributed by atoms with Gasteiger partial charge in [-0.2, -0.15) is 0 Å². The first kappa shape index (κ1) is 22.1. The van der Waals surface area contributed by atoms with Crippen LogP contribution in [-0.2, 0) is 14.3 Å². The van der Waals surface area contributed by atoms with E-state index in [1.165, 1.54) is 4.90 Å². The van der Waals surface area contributed by atoms with Crippen LogP contribution in [-0.4, -0.2) is 36.5 Å². The fourth-order valence-electron chi connectivity index (χ4n) is 3.34. The van der Waals surface area contributed by atoms with Crippen molar-refractivity contribution < 1.29 is 14.3 Å². The Balaban J connectivity index is 1.98. The molecular weight excluding hydrogens is 400 g/mol. The molecule has 6 heteroatoms. The van der Waals surface area contributed by atoms with Gasteiger partial charge in [0, 0.05) is 30.5 Å². The normalized spacial score (nSPS) is 14.1. The number of carbonyl (C=O) groups is 2.